The normalized spacial score (nSPS) is 12.6. The molecule has 1 heterocycles. The fourth-order valence-corrected chi connectivity index (χ4v) is 2.47. The van der Waals surface area contributed by atoms with Gasteiger partial charge in [-0.3, -0.25) is 4.68 Å². The molecule has 1 aromatic heterocycles. The van der Waals surface area contributed by atoms with E-state index in [-0.39, 0.29) is 11.1 Å². The zero-order valence-electron chi connectivity index (χ0n) is 11.7. The molecule has 0 bridgehead atoms. The van der Waals surface area contributed by atoms with Gasteiger partial charge in [0.1, 0.15) is 5.82 Å². The molecule has 0 amide bonds. The molecule has 2 aromatic rings. The number of halogens is 2. The first-order valence-electron chi connectivity index (χ1n) is 6.87. The second-order valence-corrected chi connectivity index (χ2v) is 5.05. The monoisotopic (exact) mass is 295 g/mol. The van der Waals surface area contributed by atoms with Crippen LogP contribution in [0.3, 0.4) is 0 Å². The maximum Gasteiger partial charge on any atom is 0.142 e. The third-order valence-corrected chi connectivity index (χ3v) is 3.54. The van der Waals surface area contributed by atoms with Crippen LogP contribution in [-0.2, 0) is 6.54 Å². The number of benzene rings is 1. The number of rotatable bonds is 6. The Hall–Kier alpha value is -1.39. The summed E-state index contributed by atoms with van der Waals surface area (Å²) in [5.74, 6) is -0.395. The van der Waals surface area contributed by atoms with Gasteiger partial charge < -0.3 is 5.32 Å². The summed E-state index contributed by atoms with van der Waals surface area (Å²) in [6.45, 7) is 5.75. The molecule has 108 valence electrons. The van der Waals surface area contributed by atoms with Crippen LogP contribution in [0.25, 0.3) is 0 Å². The van der Waals surface area contributed by atoms with Crippen LogP contribution in [0.4, 0.5) is 4.39 Å². The van der Waals surface area contributed by atoms with E-state index in [1.54, 1.807) is 6.07 Å². The SMILES string of the molecule is CCCn1cc(C(NCC)c2cccc(F)c2Cl)cn1. The fourth-order valence-electron chi connectivity index (χ4n) is 2.23. The minimum absolute atomic E-state index is 0.145. The van der Waals surface area contributed by atoms with Gasteiger partial charge in [-0.1, -0.05) is 37.6 Å². The molecule has 0 spiro atoms. The zero-order valence-corrected chi connectivity index (χ0v) is 12.5. The Labute approximate surface area is 123 Å². The summed E-state index contributed by atoms with van der Waals surface area (Å²) < 4.78 is 15.5. The lowest BCUT2D eigenvalue weighted by Crippen LogP contribution is -2.22. The summed E-state index contributed by atoms with van der Waals surface area (Å²) in [5, 5.41) is 7.83. The average Bonchev–Trinajstić information content (AvgIpc) is 2.88. The van der Waals surface area contributed by atoms with Crippen LogP contribution in [0.1, 0.15) is 37.4 Å². The van der Waals surface area contributed by atoms with Crippen LogP contribution in [-0.4, -0.2) is 16.3 Å². The molecule has 0 saturated carbocycles. The zero-order chi connectivity index (χ0) is 14.5. The Morgan fingerprint density at radius 2 is 2.20 bits per heavy atom. The molecule has 1 unspecified atom stereocenters. The molecule has 0 aliphatic carbocycles. The fraction of sp³-hybridized carbons (Fsp3) is 0.400. The summed E-state index contributed by atoms with van der Waals surface area (Å²) in [6, 6.07) is 4.75. The molecule has 0 aliphatic rings. The average molecular weight is 296 g/mol. The molecular weight excluding hydrogens is 277 g/mol. The number of hydrogen-bond acceptors (Lipinski definition) is 2. The second-order valence-electron chi connectivity index (χ2n) is 4.67. The smallest absolute Gasteiger partial charge is 0.142 e. The lowest BCUT2D eigenvalue weighted by molar-refractivity contribution is 0.593. The predicted molar refractivity (Wildman–Crippen MR) is 79.4 cm³/mol. The van der Waals surface area contributed by atoms with Gasteiger partial charge in [0.2, 0.25) is 0 Å². The molecule has 1 aromatic carbocycles. The highest BCUT2D eigenvalue weighted by Gasteiger charge is 2.19. The van der Waals surface area contributed by atoms with E-state index >= 15 is 0 Å². The summed E-state index contributed by atoms with van der Waals surface area (Å²) in [4.78, 5) is 0. The second kappa shape index (κ2) is 6.86. The van der Waals surface area contributed by atoms with Gasteiger partial charge in [0.15, 0.2) is 0 Å². The lowest BCUT2D eigenvalue weighted by atomic mass is 10.0. The minimum atomic E-state index is -0.395. The molecule has 2 rings (SSSR count). The number of nitrogens with one attached hydrogen (secondary N) is 1. The summed E-state index contributed by atoms with van der Waals surface area (Å²) >= 11 is 6.10. The third-order valence-electron chi connectivity index (χ3n) is 3.14. The third kappa shape index (κ3) is 3.19. The van der Waals surface area contributed by atoms with Crippen molar-refractivity contribution in [3.8, 4) is 0 Å². The van der Waals surface area contributed by atoms with Crippen LogP contribution < -0.4 is 5.32 Å². The van der Waals surface area contributed by atoms with Crippen LogP contribution in [0.5, 0.6) is 0 Å². The minimum Gasteiger partial charge on any atom is -0.306 e. The van der Waals surface area contributed by atoms with Crippen molar-refractivity contribution in [1.82, 2.24) is 15.1 Å². The highest BCUT2D eigenvalue weighted by molar-refractivity contribution is 6.31. The molecule has 5 heteroatoms. The topological polar surface area (TPSA) is 29.9 Å². The molecule has 0 aliphatic heterocycles. The Balaban J connectivity index is 2.36. The maximum absolute atomic E-state index is 13.6. The van der Waals surface area contributed by atoms with Gasteiger partial charge in [-0.05, 0) is 24.6 Å². The molecule has 0 saturated heterocycles. The van der Waals surface area contributed by atoms with E-state index in [0.717, 1.165) is 30.6 Å². The van der Waals surface area contributed by atoms with Crippen molar-refractivity contribution in [3.05, 3.63) is 52.6 Å². The van der Waals surface area contributed by atoms with Crippen molar-refractivity contribution in [3.63, 3.8) is 0 Å². The van der Waals surface area contributed by atoms with E-state index < -0.39 is 5.82 Å². The molecule has 1 atom stereocenters. The van der Waals surface area contributed by atoms with E-state index in [1.807, 2.05) is 30.1 Å². The Kier molecular flexibility index (Phi) is 5.15. The summed E-state index contributed by atoms with van der Waals surface area (Å²) in [7, 11) is 0. The van der Waals surface area contributed by atoms with Crippen LogP contribution >= 0.6 is 11.6 Å². The van der Waals surface area contributed by atoms with E-state index in [0.29, 0.717) is 0 Å². The molecular formula is C15H19ClFN3. The Bertz CT molecular complexity index is 568. The van der Waals surface area contributed by atoms with Crippen molar-refractivity contribution >= 4 is 11.6 Å². The van der Waals surface area contributed by atoms with E-state index in [1.165, 1.54) is 6.07 Å². The van der Waals surface area contributed by atoms with Gasteiger partial charge in [0.25, 0.3) is 0 Å². The van der Waals surface area contributed by atoms with Gasteiger partial charge in [0, 0.05) is 18.3 Å². The highest BCUT2D eigenvalue weighted by atomic mass is 35.5. The number of aromatic nitrogens is 2. The number of nitrogens with zero attached hydrogens (tertiary/aromatic N) is 2. The van der Waals surface area contributed by atoms with Gasteiger partial charge in [-0.2, -0.15) is 5.10 Å². The first kappa shape index (κ1) is 15.0. The van der Waals surface area contributed by atoms with Crippen LogP contribution in [0.2, 0.25) is 5.02 Å². The van der Waals surface area contributed by atoms with Crippen molar-refractivity contribution in [2.45, 2.75) is 32.9 Å². The molecule has 0 fully saturated rings. The van der Waals surface area contributed by atoms with Crippen molar-refractivity contribution in [2.75, 3.05) is 6.54 Å². The van der Waals surface area contributed by atoms with Gasteiger partial charge in [-0.15, -0.1) is 0 Å². The number of hydrogen-bond donors (Lipinski definition) is 1. The highest BCUT2D eigenvalue weighted by Crippen LogP contribution is 2.29. The van der Waals surface area contributed by atoms with E-state index in [4.69, 9.17) is 11.6 Å². The van der Waals surface area contributed by atoms with Gasteiger partial charge in [0.05, 0.1) is 17.3 Å². The largest absolute Gasteiger partial charge is 0.306 e. The van der Waals surface area contributed by atoms with Gasteiger partial charge in [-0.25, -0.2) is 4.39 Å². The predicted octanol–water partition coefficient (Wildman–Crippen LogP) is 3.78. The maximum atomic E-state index is 13.6. The molecule has 3 nitrogen and oxygen atoms in total. The summed E-state index contributed by atoms with van der Waals surface area (Å²) in [6.07, 6.45) is 4.82. The van der Waals surface area contributed by atoms with E-state index in [9.17, 15) is 4.39 Å². The quantitative estimate of drug-likeness (QED) is 0.879. The van der Waals surface area contributed by atoms with Gasteiger partial charge >= 0.3 is 0 Å². The lowest BCUT2D eigenvalue weighted by Gasteiger charge is -2.18. The van der Waals surface area contributed by atoms with E-state index in [2.05, 4.69) is 17.3 Å². The van der Waals surface area contributed by atoms with Crippen molar-refractivity contribution < 1.29 is 4.39 Å². The Morgan fingerprint density at radius 1 is 1.40 bits per heavy atom. The summed E-state index contributed by atoms with van der Waals surface area (Å²) in [5.41, 5.74) is 1.73. The van der Waals surface area contributed by atoms with Crippen LogP contribution in [0, 0.1) is 5.82 Å². The molecule has 20 heavy (non-hydrogen) atoms. The number of aryl methyl sites for hydroxylation is 1. The van der Waals surface area contributed by atoms with Crippen LogP contribution in [0.15, 0.2) is 30.6 Å². The van der Waals surface area contributed by atoms with Crippen molar-refractivity contribution in [1.29, 1.82) is 0 Å². The Morgan fingerprint density at radius 3 is 2.90 bits per heavy atom. The molecule has 0 radical (unpaired) electrons. The molecule has 1 N–H and O–H groups in total. The van der Waals surface area contributed by atoms with Crippen molar-refractivity contribution in [2.24, 2.45) is 0 Å². The standard InChI is InChI=1S/C15H19ClFN3/c1-3-8-20-10-11(9-19-20)15(18-4-2)12-6-5-7-13(17)14(12)16/h5-7,9-10,15,18H,3-4,8H2,1-2H3. The first-order valence-corrected chi connectivity index (χ1v) is 7.24. The first-order chi connectivity index (χ1) is 9.67.